The normalized spacial score (nSPS) is 12.1. The molecule has 1 rings (SSSR count). The van der Waals surface area contributed by atoms with Gasteiger partial charge >= 0.3 is 5.97 Å². The van der Waals surface area contributed by atoms with Gasteiger partial charge in [-0.25, -0.2) is 0 Å². The summed E-state index contributed by atoms with van der Waals surface area (Å²) < 4.78 is 10.2. The van der Waals surface area contributed by atoms with Crippen molar-refractivity contribution in [2.24, 2.45) is 0 Å². The van der Waals surface area contributed by atoms with Crippen LogP contribution in [0, 0.1) is 0 Å². The number of methoxy groups -OCH3 is 1. The van der Waals surface area contributed by atoms with E-state index in [1.165, 1.54) is 0 Å². The SMILES string of the molecule is CCOC(=O)CC[C@@H](OC)c1ccccc1. The minimum Gasteiger partial charge on any atom is -0.466 e. The maximum atomic E-state index is 11.2. The quantitative estimate of drug-likeness (QED) is 0.694. The molecule has 0 saturated carbocycles. The zero-order chi connectivity index (χ0) is 11.8. The minimum atomic E-state index is -0.166. The second-order valence-electron chi connectivity index (χ2n) is 3.48. The van der Waals surface area contributed by atoms with Crippen molar-refractivity contribution in [3.63, 3.8) is 0 Å². The standard InChI is InChI=1S/C13H18O3/c1-3-16-13(14)10-9-12(15-2)11-7-5-4-6-8-11/h4-8,12H,3,9-10H2,1-2H3/t12-/m1/s1. The molecule has 0 aliphatic heterocycles. The molecule has 3 heteroatoms. The van der Waals surface area contributed by atoms with Crippen LogP contribution in [-0.2, 0) is 14.3 Å². The van der Waals surface area contributed by atoms with Crippen molar-refractivity contribution in [3.8, 4) is 0 Å². The number of benzene rings is 1. The Bertz CT molecular complexity index is 308. The van der Waals surface area contributed by atoms with Crippen molar-refractivity contribution in [3.05, 3.63) is 35.9 Å². The Kier molecular flexibility index (Phi) is 5.57. The molecule has 0 aliphatic carbocycles. The highest BCUT2D eigenvalue weighted by Gasteiger charge is 2.12. The van der Waals surface area contributed by atoms with Gasteiger partial charge < -0.3 is 9.47 Å². The minimum absolute atomic E-state index is 0.0365. The molecule has 0 spiro atoms. The first-order valence-corrected chi connectivity index (χ1v) is 5.51. The van der Waals surface area contributed by atoms with Crippen LogP contribution in [-0.4, -0.2) is 19.7 Å². The van der Waals surface area contributed by atoms with Gasteiger partial charge in [-0.1, -0.05) is 30.3 Å². The van der Waals surface area contributed by atoms with Gasteiger partial charge in [-0.2, -0.15) is 0 Å². The molecule has 0 heterocycles. The smallest absolute Gasteiger partial charge is 0.305 e. The Morgan fingerprint density at radius 3 is 2.56 bits per heavy atom. The summed E-state index contributed by atoms with van der Waals surface area (Å²) in [5.41, 5.74) is 1.09. The number of hydrogen-bond acceptors (Lipinski definition) is 3. The molecule has 16 heavy (non-hydrogen) atoms. The Balaban J connectivity index is 2.47. The number of rotatable bonds is 6. The van der Waals surface area contributed by atoms with Crippen molar-refractivity contribution in [1.82, 2.24) is 0 Å². The lowest BCUT2D eigenvalue weighted by molar-refractivity contribution is -0.143. The first-order valence-electron chi connectivity index (χ1n) is 5.51. The maximum Gasteiger partial charge on any atom is 0.305 e. The van der Waals surface area contributed by atoms with E-state index in [1.54, 1.807) is 7.11 Å². The van der Waals surface area contributed by atoms with E-state index < -0.39 is 0 Å². The lowest BCUT2D eigenvalue weighted by Crippen LogP contribution is -2.08. The summed E-state index contributed by atoms with van der Waals surface area (Å²) >= 11 is 0. The molecule has 1 aromatic rings. The molecule has 0 fully saturated rings. The highest BCUT2D eigenvalue weighted by atomic mass is 16.5. The fourth-order valence-electron chi connectivity index (χ4n) is 1.57. The average Bonchev–Trinajstić information content (AvgIpc) is 2.31. The largest absolute Gasteiger partial charge is 0.466 e. The van der Waals surface area contributed by atoms with Crippen LogP contribution in [0.2, 0.25) is 0 Å². The summed E-state index contributed by atoms with van der Waals surface area (Å²) in [6.07, 6.45) is 1.01. The third kappa shape index (κ3) is 4.03. The van der Waals surface area contributed by atoms with E-state index in [2.05, 4.69) is 0 Å². The summed E-state index contributed by atoms with van der Waals surface area (Å²) in [5.74, 6) is -0.166. The van der Waals surface area contributed by atoms with E-state index in [0.29, 0.717) is 19.4 Å². The lowest BCUT2D eigenvalue weighted by atomic mass is 10.1. The van der Waals surface area contributed by atoms with Crippen molar-refractivity contribution in [1.29, 1.82) is 0 Å². The van der Waals surface area contributed by atoms with E-state index >= 15 is 0 Å². The topological polar surface area (TPSA) is 35.5 Å². The number of carbonyl (C=O) groups is 1. The molecule has 1 atom stereocenters. The van der Waals surface area contributed by atoms with Gasteiger partial charge in [0.05, 0.1) is 12.7 Å². The van der Waals surface area contributed by atoms with Crippen molar-refractivity contribution in [2.75, 3.05) is 13.7 Å². The molecule has 0 aromatic heterocycles. The Morgan fingerprint density at radius 2 is 2.00 bits per heavy atom. The maximum absolute atomic E-state index is 11.2. The second kappa shape index (κ2) is 7.01. The van der Waals surface area contributed by atoms with Gasteiger partial charge in [0, 0.05) is 13.5 Å². The number of esters is 1. The van der Waals surface area contributed by atoms with Crippen molar-refractivity contribution < 1.29 is 14.3 Å². The first-order chi connectivity index (χ1) is 7.77. The first kappa shape index (κ1) is 12.7. The summed E-state index contributed by atoms with van der Waals surface area (Å²) in [4.78, 5) is 11.2. The van der Waals surface area contributed by atoms with E-state index in [0.717, 1.165) is 5.56 Å². The van der Waals surface area contributed by atoms with Crippen LogP contribution >= 0.6 is 0 Å². The average molecular weight is 222 g/mol. The zero-order valence-corrected chi connectivity index (χ0v) is 9.81. The highest BCUT2D eigenvalue weighted by molar-refractivity contribution is 5.69. The lowest BCUT2D eigenvalue weighted by Gasteiger charge is -2.14. The Hall–Kier alpha value is -1.35. The monoisotopic (exact) mass is 222 g/mol. The van der Waals surface area contributed by atoms with E-state index in [9.17, 15) is 4.79 Å². The third-order valence-corrected chi connectivity index (χ3v) is 2.37. The molecule has 0 unspecified atom stereocenters. The second-order valence-corrected chi connectivity index (χ2v) is 3.48. The van der Waals surface area contributed by atoms with Crippen molar-refractivity contribution >= 4 is 5.97 Å². The fraction of sp³-hybridized carbons (Fsp3) is 0.462. The third-order valence-electron chi connectivity index (χ3n) is 2.37. The molecule has 0 amide bonds. The van der Waals surface area contributed by atoms with Crippen molar-refractivity contribution in [2.45, 2.75) is 25.9 Å². The molecule has 0 radical (unpaired) electrons. The van der Waals surface area contributed by atoms with E-state index in [4.69, 9.17) is 9.47 Å². The number of hydrogen-bond donors (Lipinski definition) is 0. The predicted octanol–water partition coefficient (Wildman–Crippen LogP) is 2.72. The highest BCUT2D eigenvalue weighted by Crippen LogP contribution is 2.21. The van der Waals surface area contributed by atoms with Crippen LogP contribution in [0.4, 0.5) is 0 Å². The summed E-state index contributed by atoms with van der Waals surface area (Å²) in [5, 5.41) is 0. The Labute approximate surface area is 96.4 Å². The van der Waals surface area contributed by atoms with Crippen LogP contribution in [0.25, 0.3) is 0 Å². The molecule has 0 bridgehead atoms. The fourth-order valence-corrected chi connectivity index (χ4v) is 1.57. The van der Waals surface area contributed by atoms with Crippen LogP contribution in [0.3, 0.4) is 0 Å². The summed E-state index contributed by atoms with van der Waals surface area (Å²) in [7, 11) is 1.66. The van der Waals surface area contributed by atoms with Gasteiger partial charge in [-0.15, -0.1) is 0 Å². The zero-order valence-electron chi connectivity index (χ0n) is 9.81. The molecule has 1 aromatic carbocycles. The van der Waals surface area contributed by atoms with Gasteiger partial charge in [-0.3, -0.25) is 4.79 Å². The molecule has 0 N–H and O–H groups in total. The van der Waals surface area contributed by atoms with Gasteiger partial charge in [0.1, 0.15) is 0 Å². The van der Waals surface area contributed by atoms with Gasteiger partial charge in [0.25, 0.3) is 0 Å². The van der Waals surface area contributed by atoms with Gasteiger partial charge in [0.2, 0.25) is 0 Å². The molecule has 3 nitrogen and oxygen atoms in total. The van der Waals surface area contributed by atoms with Crippen LogP contribution in [0.1, 0.15) is 31.4 Å². The van der Waals surface area contributed by atoms with Crippen LogP contribution in [0.5, 0.6) is 0 Å². The molecular formula is C13H18O3. The van der Waals surface area contributed by atoms with Crippen LogP contribution in [0.15, 0.2) is 30.3 Å². The van der Waals surface area contributed by atoms with Gasteiger partial charge in [-0.05, 0) is 18.9 Å². The Morgan fingerprint density at radius 1 is 1.31 bits per heavy atom. The molecule has 0 saturated heterocycles. The van der Waals surface area contributed by atoms with Crippen LogP contribution < -0.4 is 0 Å². The molecule has 0 aliphatic rings. The molecular weight excluding hydrogens is 204 g/mol. The number of carbonyl (C=O) groups excluding carboxylic acids is 1. The van der Waals surface area contributed by atoms with E-state index in [-0.39, 0.29) is 12.1 Å². The van der Waals surface area contributed by atoms with Gasteiger partial charge in [0.15, 0.2) is 0 Å². The number of ether oxygens (including phenoxy) is 2. The predicted molar refractivity (Wildman–Crippen MR) is 62.1 cm³/mol. The summed E-state index contributed by atoms with van der Waals surface area (Å²) in [6, 6.07) is 9.89. The summed E-state index contributed by atoms with van der Waals surface area (Å²) in [6.45, 7) is 2.24. The molecule has 88 valence electrons. The van der Waals surface area contributed by atoms with E-state index in [1.807, 2.05) is 37.3 Å².